The van der Waals surface area contributed by atoms with E-state index in [-0.39, 0.29) is 17.4 Å². The summed E-state index contributed by atoms with van der Waals surface area (Å²) in [6, 6.07) is -0.146. The Bertz CT molecular complexity index is 436. The number of ether oxygens (including phenoxy) is 1. The highest BCUT2D eigenvalue weighted by Crippen LogP contribution is 2.42. The maximum Gasteiger partial charge on any atom is 0.314 e. The van der Waals surface area contributed by atoms with Crippen molar-refractivity contribution in [3.63, 3.8) is 0 Å². The summed E-state index contributed by atoms with van der Waals surface area (Å²) in [5.74, 6) is 0.0872. The predicted molar refractivity (Wildman–Crippen MR) is 84.3 cm³/mol. The van der Waals surface area contributed by atoms with E-state index in [2.05, 4.69) is 22.0 Å². The van der Waals surface area contributed by atoms with Crippen molar-refractivity contribution in [1.82, 2.24) is 16.0 Å². The lowest BCUT2D eigenvalue weighted by atomic mass is 9.70. The minimum atomic E-state index is -0.146. The molecule has 124 valence electrons. The van der Waals surface area contributed by atoms with Crippen molar-refractivity contribution in [2.75, 3.05) is 26.3 Å². The van der Waals surface area contributed by atoms with E-state index in [1.807, 2.05) is 6.92 Å². The van der Waals surface area contributed by atoms with Crippen LogP contribution >= 0.6 is 0 Å². The Morgan fingerprint density at radius 1 is 1.41 bits per heavy atom. The fraction of sp³-hybridized carbons (Fsp3) is 0.750. The van der Waals surface area contributed by atoms with Crippen molar-refractivity contribution >= 4 is 11.9 Å². The second kappa shape index (κ2) is 8.17. The molecule has 3 amide bonds. The highest BCUT2D eigenvalue weighted by Gasteiger charge is 2.40. The molecule has 0 bridgehead atoms. The molecule has 6 nitrogen and oxygen atoms in total. The van der Waals surface area contributed by atoms with Gasteiger partial charge in [0.15, 0.2) is 0 Å². The number of nitrogens with one attached hydrogen (secondary N) is 3. The Morgan fingerprint density at radius 3 is 3.09 bits per heavy atom. The average Bonchev–Trinajstić information content (AvgIpc) is 2.53. The molecule has 0 saturated carbocycles. The van der Waals surface area contributed by atoms with Gasteiger partial charge in [-0.1, -0.05) is 6.08 Å². The van der Waals surface area contributed by atoms with Crippen LogP contribution in [0.15, 0.2) is 11.8 Å². The normalized spacial score (nSPS) is 24.0. The van der Waals surface area contributed by atoms with E-state index in [1.54, 1.807) is 0 Å². The van der Waals surface area contributed by atoms with Crippen molar-refractivity contribution in [3.8, 4) is 0 Å². The predicted octanol–water partition coefficient (Wildman–Crippen LogP) is 1.68. The Hall–Kier alpha value is -1.56. The van der Waals surface area contributed by atoms with E-state index in [1.165, 1.54) is 0 Å². The molecule has 0 radical (unpaired) electrons. The zero-order chi connectivity index (χ0) is 15.8. The number of urea groups is 1. The molecule has 1 saturated heterocycles. The van der Waals surface area contributed by atoms with E-state index in [0.29, 0.717) is 32.7 Å². The Balaban J connectivity index is 1.77. The second-order valence-electron chi connectivity index (χ2n) is 6.00. The van der Waals surface area contributed by atoms with Crippen LogP contribution in [0.3, 0.4) is 0 Å². The quantitative estimate of drug-likeness (QED) is 0.626. The van der Waals surface area contributed by atoms with E-state index in [0.717, 1.165) is 37.8 Å². The van der Waals surface area contributed by atoms with Gasteiger partial charge in [-0.2, -0.15) is 0 Å². The summed E-state index contributed by atoms with van der Waals surface area (Å²) < 4.78 is 5.23. The molecular formula is C16H27N3O3. The molecule has 2 aliphatic rings. The third kappa shape index (κ3) is 4.47. The van der Waals surface area contributed by atoms with Gasteiger partial charge in [-0.15, -0.1) is 0 Å². The second-order valence-corrected chi connectivity index (χ2v) is 6.00. The zero-order valence-corrected chi connectivity index (χ0v) is 13.4. The highest BCUT2D eigenvalue weighted by molar-refractivity contribution is 5.80. The molecular weight excluding hydrogens is 282 g/mol. The van der Waals surface area contributed by atoms with Gasteiger partial charge in [-0.25, -0.2) is 4.79 Å². The molecule has 0 aromatic rings. The van der Waals surface area contributed by atoms with E-state index in [4.69, 9.17) is 4.74 Å². The van der Waals surface area contributed by atoms with Crippen LogP contribution in [-0.4, -0.2) is 38.2 Å². The van der Waals surface area contributed by atoms with Crippen LogP contribution in [0.25, 0.3) is 0 Å². The van der Waals surface area contributed by atoms with Crippen LogP contribution in [0.4, 0.5) is 4.79 Å². The minimum Gasteiger partial charge on any atom is -0.382 e. The number of rotatable bonds is 7. The molecule has 1 atom stereocenters. The van der Waals surface area contributed by atoms with Crippen LogP contribution in [0.5, 0.6) is 0 Å². The lowest BCUT2D eigenvalue weighted by molar-refractivity contribution is -0.122. The van der Waals surface area contributed by atoms with Gasteiger partial charge in [0.2, 0.25) is 5.91 Å². The average molecular weight is 309 g/mol. The van der Waals surface area contributed by atoms with Gasteiger partial charge in [0.25, 0.3) is 0 Å². The van der Waals surface area contributed by atoms with Gasteiger partial charge >= 0.3 is 6.03 Å². The molecule has 6 heteroatoms. The topological polar surface area (TPSA) is 79.5 Å². The number of fused-ring (bicyclic) bond motifs is 1. The Labute approximate surface area is 132 Å². The molecule has 0 aromatic heterocycles. The van der Waals surface area contributed by atoms with Crippen LogP contribution in [-0.2, 0) is 9.53 Å². The van der Waals surface area contributed by atoms with E-state index < -0.39 is 0 Å². The first-order valence-corrected chi connectivity index (χ1v) is 8.26. The first-order chi connectivity index (χ1) is 10.7. The highest BCUT2D eigenvalue weighted by atomic mass is 16.5. The summed E-state index contributed by atoms with van der Waals surface area (Å²) in [7, 11) is 0. The molecule has 1 aliphatic carbocycles. The molecule has 1 unspecified atom stereocenters. The molecule has 22 heavy (non-hydrogen) atoms. The van der Waals surface area contributed by atoms with Gasteiger partial charge < -0.3 is 20.7 Å². The molecule has 2 rings (SSSR count). The molecule has 0 spiro atoms. The molecule has 0 aromatic carbocycles. The molecule has 3 N–H and O–H groups in total. The third-order valence-electron chi connectivity index (χ3n) is 4.43. The monoisotopic (exact) mass is 309 g/mol. The maximum absolute atomic E-state index is 11.9. The zero-order valence-electron chi connectivity index (χ0n) is 13.4. The number of hydrogen-bond acceptors (Lipinski definition) is 3. The van der Waals surface area contributed by atoms with Gasteiger partial charge in [-0.05, 0) is 39.0 Å². The number of carbonyl (C=O) groups excluding carboxylic acids is 2. The standard InChI is InChI=1S/C16H27N3O3/c1-2-22-11-5-10-17-15(21)18-12-16-8-4-3-6-13(16)19-14(20)7-9-16/h6H,2-5,7-12H2,1H3,(H,19,20)(H2,17,18,21). The lowest BCUT2D eigenvalue weighted by Gasteiger charge is -2.42. The summed E-state index contributed by atoms with van der Waals surface area (Å²) in [6.07, 6.45) is 7.40. The fourth-order valence-corrected chi connectivity index (χ4v) is 3.15. The Morgan fingerprint density at radius 2 is 2.27 bits per heavy atom. The first-order valence-electron chi connectivity index (χ1n) is 8.26. The summed E-state index contributed by atoms with van der Waals surface area (Å²) in [4.78, 5) is 23.4. The summed E-state index contributed by atoms with van der Waals surface area (Å²) >= 11 is 0. The molecule has 1 fully saturated rings. The van der Waals surface area contributed by atoms with Gasteiger partial charge in [-0.3, -0.25) is 4.79 Å². The number of carbonyl (C=O) groups is 2. The smallest absolute Gasteiger partial charge is 0.314 e. The van der Waals surface area contributed by atoms with Crippen LogP contribution in [0.1, 0.15) is 45.4 Å². The SMILES string of the molecule is CCOCCCNC(=O)NCC12CCCC=C1NC(=O)CC2. The largest absolute Gasteiger partial charge is 0.382 e. The van der Waals surface area contributed by atoms with Crippen LogP contribution in [0, 0.1) is 5.41 Å². The molecule has 1 aliphatic heterocycles. The fourth-order valence-electron chi connectivity index (χ4n) is 3.15. The number of hydrogen-bond donors (Lipinski definition) is 3. The van der Waals surface area contributed by atoms with Crippen molar-refractivity contribution in [1.29, 1.82) is 0 Å². The van der Waals surface area contributed by atoms with Crippen molar-refractivity contribution in [3.05, 3.63) is 11.8 Å². The Kier molecular flexibility index (Phi) is 6.24. The third-order valence-corrected chi connectivity index (χ3v) is 4.43. The minimum absolute atomic E-state index is 0.0872. The van der Waals surface area contributed by atoms with Gasteiger partial charge in [0, 0.05) is 43.8 Å². The number of allylic oxidation sites excluding steroid dienone is 1. The van der Waals surface area contributed by atoms with Gasteiger partial charge in [0.1, 0.15) is 0 Å². The van der Waals surface area contributed by atoms with Crippen molar-refractivity contribution in [2.45, 2.75) is 45.4 Å². The van der Waals surface area contributed by atoms with E-state index >= 15 is 0 Å². The number of piperidine rings is 1. The maximum atomic E-state index is 11.9. The van der Waals surface area contributed by atoms with Crippen LogP contribution in [0.2, 0.25) is 0 Å². The van der Waals surface area contributed by atoms with Crippen LogP contribution < -0.4 is 16.0 Å². The summed E-state index contributed by atoms with van der Waals surface area (Å²) in [5, 5.41) is 8.79. The summed E-state index contributed by atoms with van der Waals surface area (Å²) in [5.41, 5.74) is 0.918. The number of amides is 3. The van der Waals surface area contributed by atoms with Gasteiger partial charge in [0.05, 0.1) is 0 Å². The van der Waals surface area contributed by atoms with E-state index in [9.17, 15) is 9.59 Å². The lowest BCUT2D eigenvalue weighted by Crippen LogP contribution is -2.50. The molecule has 1 heterocycles. The van der Waals surface area contributed by atoms with Crippen molar-refractivity contribution in [2.24, 2.45) is 5.41 Å². The first kappa shape index (κ1) is 16.8. The van der Waals surface area contributed by atoms with Crippen molar-refractivity contribution < 1.29 is 14.3 Å². The summed E-state index contributed by atoms with van der Waals surface area (Å²) in [6.45, 7) is 4.52.